The van der Waals surface area contributed by atoms with Gasteiger partial charge in [0.05, 0.1) is 15.2 Å². The second kappa shape index (κ2) is 6.54. The third-order valence-corrected chi connectivity index (χ3v) is 5.26. The van der Waals surface area contributed by atoms with Crippen molar-refractivity contribution in [1.29, 1.82) is 0 Å². The molecule has 2 aromatic rings. The van der Waals surface area contributed by atoms with E-state index in [0.717, 1.165) is 36.2 Å². The third-order valence-electron chi connectivity index (χ3n) is 4.16. The number of nitrogens with two attached hydrogens (primary N) is 1. The Bertz CT molecular complexity index is 592. The van der Waals surface area contributed by atoms with E-state index >= 15 is 0 Å². The molecule has 1 amide bonds. The third kappa shape index (κ3) is 3.60. The minimum absolute atomic E-state index is 0.124. The number of hydrogen-bond acceptors (Lipinski definition) is 4. The van der Waals surface area contributed by atoms with E-state index in [1.54, 1.807) is 11.3 Å². The Morgan fingerprint density at radius 1 is 1.38 bits per heavy atom. The number of fused-ring (bicyclic) bond motifs is 1. The zero-order valence-electron chi connectivity index (χ0n) is 12.0. The number of carbonyl (C=O) groups is 1. The normalized spacial score (nSPS) is 21.8. The summed E-state index contributed by atoms with van der Waals surface area (Å²) in [5.41, 5.74) is 7.04. The molecule has 0 saturated heterocycles. The second-order valence-corrected chi connectivity index (χ2v) is 6.85. The summed E-state index contributed by atoms with van der Waals surface area (Å²) in [5.74, 6) is 0.492. The largest absolute Gasteiger partial charge is 0.356 e. The molecule has 1 aromatic heterocycles. The predicted molar refractivity (Wildman–Crippen MR) is 86.3 cm³/mol. The Morgan fingerprint density at radius 2 is 2.24 bits per heavy atom. The molecule has 1 fully saturated rings. The highest BCUT2D eigenvalue weighted by atomic mass is 32.1. The van der Waals surface area contributed by atoms with E-state index in [-0.39, 0.29) is 11.9 Å². The van der Waals surface area contributed by atoms with Crippen LogP contribution in [0, 0.1) is 5.92 Å². The molecule has 112 valence electrons. The zero-order chi connectivity index (χ0) is 14.7. The van der Waals surface area contributed by atoms with Crippen molar-refractivity contribution in [2.45, 2.75) is 38.1 Å². The van der Waals surface area contributed by atoms with Crippen LogP contribution in [0.25, 0.3) is 10.2 Å². The fourth-order valence-electron chi connectivity index (χ4n) is 2.96. The lowest BCUT2D eigenvalue weighted by atomic mass is 10.00. The van der Waals surface area contributed by atoms with E-state index in [2.05, 4.69) is 16.4 Å². The maximum absolute atomic E-state index is 11.9. The molecule has 0 bridgehead atoms. The molecule has 0 unspecified atom stereocenters. The minimum atomic E-state index is 0.124. The van der Waals surface area contributed by atoms with Crippen LogP contribution in [0.4, 0.5) is 0 Å². The van der Waals surface area contributed by atoms with Gasteiger partial charge in [0.2, 0.25) is 5.91 Å². The van der Waals surface area contributed by atoms with Crippen molar-refractivity contribution in [1.82, 2.24) is 10.3 Å². The summed E-state index contributed by atoms with van der Waals surface area (Å²) >= 11 is 1.70. The number of thiazole rings is 1. The van der Waals surface area contributed by atoms with Gasteiger partial charge in [0, 0.05) is 25.4 Å². The number of rotatable bonds is 5. The first kappa shape index (κ1) is 14.5. The smallest absolute Gasteiger partial charge is 0.220 e. The van der Waals surface area contributed by atoms with Crippen LogP contribution in [0.3, 0.4) is 0 Å². The lowest BCUT2D eigenvalue weighted by Gasteiger charge is -2.14. The summed E-state index contributed by atoms with van der Waals surface area (Å²) in [6.07, 6.45) is 4.67. The summed E-state index contributed by atoms with van der Waals surface area (Å²) < 4.78 is 1.20. The predicted octanol–water partition coefficient (Wildman–Crippen LogP) is 2.47. The molecule has 1 aliphatic rings. The van der Waals surface area contributed by atoms with Crippen LogP contribution >= 0.6 is 11.3 Å². The van der Waals surface area contributed by atoms with Gasteiger partial charge in [0.15, 0.2) is 0 Å². The molecular formula is C16H21N3OS. The first-order chi connectivity index (χ1) is 10.2. The van der Waals surface area contributed by atoms with Crippen molar-refractivity contribution in [3.05, 3.63) is 29.3 Å². The van der Waals surface area contributed by atoms with Gasteiger partial charge in [-0.3, -0.25) is 4.79 Å². The van der Waals surface area contributed by atoms with Crippen molar-refractivity contribution in [3.63, 3.8) is 0 Å². The number of hydrogen-bond donors (Lipinski definition) is 2. The van der Waals surface area contributed by atoms with Gasteiger partial charge in [-0.05, 0) is 30.9 Å². The van der Waals surface area contributed by atoms with E-state index in [1.165, 1.54) is 4.70 Å². The number of carbonyl (C=O) groups excluding carboxylic acids is 1. The molecule has 1 aliphatic carbocycles. The summed E-state index contributed by atoms with van der Waals surface area (Å²) in [7, 11) is 0. The molecule has 21 heavy (non-hydrogen) atoms. The maximum atomic E-state index is 11.9. The van der Waals surface area contributed by atoms with E-state index < -0.39 is 0 Å². The van der Waals surface area contributed by atoms with Gasteiger partial charge in [-0.15, -0.1) is 11.3 Å². The highest BCUT2D eigenvalue weighted by Crippen LogP contribution is 2.26. The maximum Gasteiger partial charge on any atom is 0.220 e. The SMILES string of the molecule is N[C@@H]1CCC[C@H]1CC(=O)NCCc1nc2ccccc2s1. The first-order valence-corrected chi connectivity index (χ1v) is 8.41. The van der Waals surface area contributed by atoms with E-state index in [4.69, 9.17) is 5.73 Å². The van der Waals surface area contributed by atoms with Crippen LogP contribution in [-0.4, -0.2) is 23.5 Å². The zero-order valence-corrected chi connectivity index (χ0v) is 12.9. The average molecular weight is 303 g/mol. The molecule has 3 rings (SSSR count). The number of nitrogens with zero attached hydrogens (tertiary/aromatic N) is 1. The number of nitrogens with one attached hydrogen (secondary N) is 1. The molecule has 1 aromatic carbocycles. The number of aromatic nitrogens is 1. The van der Waals surface area contributed by atoms with Crippen molar-refractivity contribution < 1.29 is 4.79 Å². The quantitative estimate of drug-likeness (QED) is 0.891. The van der Waals surface area contributed by atoms with Crippen molar-refractivity contribution in [2.24, 2.45) is 11.7 Å². The molecule has 4 nitrogen and oxygen atoms in total. The second-order valence-electron chi connectivity index (χ2n) is 5.73. The molecule has 5 heteroatoms. The summed E-state index contributed by atoms with van der Waals surface area (Å²) in [4.78, 5) is 16.5. The Kier molecular flexibility index (Phi) is 4.51. The van der Waals surface area contributed by atoms with Crippen LogP contribution in [0.2, 0.25) is 0 Å². The molecular weight excluding hydrogens is 282 g/mol. The van der Waals surface area contributed by atoms with Crippen molar-refractivity contribution in [2.75, 3.05) is 6.54 Å². The van der Waals surface area contributed by atoms with Gasteiger partial charge in [-0.25, -0.2) is 4.98 Å². The average Bonchev–Trinajstić information content (AvgIpc) is 3.05. The standard InChI is InChI=1S/C16H21N3OS/c17-12-5-3-4-11(12)10-15(20)18-9-8-16-19-13-6-1-2-7-14(13)21-16/h1-2,6-7,11-12H,3-5,8-10,17H2,(H,18,20)/t11-,12+/m0/s1. The summed E-state index contributed by atoms with van der Waals surface area (Å²) in [6.45, 7) is 0.653. The van der Waals surface area contributed by atoms with Gasteiger partial charge < -0.3 is 11.1 Å². The monoisotopic (exact) mass is 303 g/mol. The molecule has 1 saturated carbocycles. The molecule has 2 atom stereocenters. The summed E-state index contributed by atoms with van der Waals surface area (Å²) in [5, 5.41) is 4.07. The van der Waals surface area contributed by atoms with Gasteiger partial charge in [-0.1, -0.05) is 18.6 Å². The number of amides is 1. The lowest BCUT2D eigenvalue weighted by molar-refractivity contribution is -0.122. The minimum Gasteiger partial charge on any atom is -0.356 e. The van der Waals surface area contributed by atoms with Crippen molar-refractivity contribution >= 4 is 27.5 Å². The highest BCUT2D eigenvalue weighted by Gasteiger charge is 2.25. The number of para-hydroxylation sites is 1. The lowest BCUT2D eigenvalue weighted by Crippen LogP contribution is -2.32. The van der Waals surface area contributed by atoms with E-state index in [0.29, 0.717) is 18.9 Å². The van der Waals surface area contributed by atoms with Gasteiger partial charge in [0.1, 0.15) is 0 Å². The van der Waals surface area contributed by atoms with Gasteiger partial charge in [0.25, 0.3) is 0 Å². The van der Waals surface area contributed by atoms with Crippen LogP contribution in [0.1, 0.15) is 30.7 Å². The van der Waals surface area contributed by atoms with Gasteiger partial charge >= 0.3 is 0 Å². The molecule has 0 aliphatic heterocycles. The van der Waals surface area contributed by atoms with Crippen LogP contribution in [0.15, 0.2) is 24.3 Å². The van der Waals surface area contributed by atoms with E-state index in [9.17, 15) is 4.79 Å². The first-order valence-electron chi connectivity index (χ1n) is 7.59. The highest BCUT2D eigenvalue weighted by molar-refractivity contribution is 7.18. The van der Waals surface area contributed by atoms with Crippen LogP contribution in [-0.2, 0) is 11.2 Å². The van der Waals surface area contributed by atoms with E-state index in [1.807, 2.05) is 18.2 Å². The Hall–Kier alpha value is -1.46. The van der Waals surface area contributed by atoms with Crippen LogP contribution < -0.4 is 11.1 Å². The molecule has 0 spiro atoms. The Balaban J connectivity index is 1.46. The molecule has 0 radical (unpaired) electrons. The van der Waals surface area contributed by atoms with Gasteiger partial charge in [-0.2, -0.15) is 0 Å². The fourth-order valence-corrected chi connectivity index (χ4v) is 3.93. The molecule has 3 N–H and O–H groups in total. The Labute approximate surface area is 128 Å². The topological polar surface area (TPSA) is 68.0 Å². The van der Waals surface area contributed by atoms with Crippen LogP contribution in [0.5, 0.6) is 0 Å². The van der Waals surface area contributed by atoms with Crippen molar-refractivity contribution in [3.8, 4) is 0 Å². The fraction of sp³-hybridized carbons (Fsp3) is 0.500. The summed E-state index contributed by atoms with van der Waals surface area (Å²) in [6, 6.07) is 8.33. The molecule has 1 heterocycles. The number of benzene rings is 1. The Morgan fingerprint density at radius 3 is 3.00 bits per heavy atom.